The van der Waals surface area contributed by atoms with Gasteiger partial charge in [-0.1, -0.05) is 0 Å². The Bertz CT molecular complexity index is 493. The maximum atomic E-state index is 11.0. The van der Waals surface area contributed by atoms with Crippen LogP contribution in [0.3, 0.4) is 0 Å². The first-order valence-electron chi connectivity index (χ1n) is 6.65. The molecule has 1 atom stereocenters. The number of morpholine rings is 1. The van der Waals surface area contributed by atoms with Crippen LogP contribution in [0.4, 0.5) is 17.5 Å². The van der Waals surface area contributed by atoms with E-state index in [9.17, 15) is 10.1 Å². The second kappa shape index (κ2) is 7.11. The Morgan fingerprint density at radius 1 is 1.57 bits per heavy atom. The van der Waals surface area contributed by atoms with Crippen molar-refractivity contribution in [2.45, 2.75) is 13.0 Å². The number of nitro groups is 1. The smallest absolute Gasteiger partial charge is 0.329 e. The number of nitrogens with zero attached hydrogens (tertiary/aromatic N) is 4. The van der Waals surface area contributed by atoms with E-state index >= 15 is 0 Å². The van der Waals surface area contributed by atoms with Crippen LogP contribution in [0, 0.1) is 10.1 Å². The van der Waals surface area contributed by atoms with E-state index in [1.807, 2.05) is 6.92 Å². The van der Waals surface area contributed by atoms with E-state index in [0.29, 0.717) is 13.2 Å². The average Bonchev–Trinajstić information content (AvgIpc) is 2.47. The number of hydrogen-bond donors (Lipinski definition) is 3. The summed E-state index contributed by atoms with van der Waals surface area (Å²) < 4.78 is 5.29. The van der Waals surface area contributed by atoms with E-state index in [4.69, 9.17) is 10.6 Å². The summed E-state index contributed by atoms with van der Waals surface area (Å²) in [5.41, 5.74) is 2.10. The third-order valence-corrected chi connectivity index (χ3v) is 3.11. The molecule has 21 heavy (non-hydrogen) atoms. The van der Waals surface area contributed by atoms with Crippen molar-refractivity contribution in [2.24, 2.45) is 5.84 Å². The molecule has 0 bridgehead atoms. The van der Waals surface area contributed by atoms with Gasteiger partial charge in [0.05, 0.1) is 18.1 Å². The van der Waals surface area contributed by atoms with E-state index in [1.165, 1.54) is 0 Å². The first kappa shape index (κ1) is 15.4. The molecule has 0 aliphatic carbocycles. The molecule has 0 aromatic carbocycles. The van der Waals surface area contributed by atoms with Gasteiger partial charge in [-0.25, -0.2) is 10.8 Å². The SMILES string of the molecule is CC(CN1CCOCC1)Nc1nc(NN)ncc1[N+](=O)[O-]. The Labute approximate surface area is 121 Å². The normalized spacial score (nSPS) is 17.2. The number of rotatable bonds is 6. The second-order valence-electron chi connectivity index (χ2n) is 4.79. The lowest BCUT2D eigenvalue weighted by molar-refractivity contribution is -0.384. The van der Waals surface area contributed by atoms with Crippen LogP contribution in [0.15, 0.2) is 6.20 Å². The van der Waals surface area contributed by atoms with E-state index in [1.54, 1.807) is 0 Å². The predicted molar refractivity (Wildman–Crippen MR) is 76.8 cm³/mol. The zero-order valence-corrected chi connectivity index (χ0v) is 11.8. The fourth-order valence-electron chi connectivity index (χ4n) is 2.13. The summed E-state index contributed by atoms with van der Waals surface area (Å²) in [6.45, 7) is 5.82. The van der Waals surface area contributed by atoms with Crippen molar-refractivity contribution in [1.82, 2.24) is 14.9 Å². The summed E-state index contributed by atoms with van der Waals surface area (Å²) in [5, 5.41) is 14.0. The van der Waals surface area contributed by atoms with Crippen LogP contribution >= 0.6 is 0 Å². The van der Waals surface area contributed by atoms with Gasteiger partial charge in [0.1, 0.15) is 6.20 Å². The standard InChI is InChI=1S/C11H19N7O3/c1-8(7-17-2-4-21-5-3-17)14-10-9(18(19)20)6-13-11(15-10)16-12/h6,8H,2-5,7,12H2,1H3,(H2,13,14,15,16). The number of anilines is 2. The molecule has 1 aromatic heterocycles. The Kier molecular flexibility index (Phi) is 5.20. The maximum absolute atomic E-state index is 11.0. The number of hydrogen-bond acceptors (Lipinski definition) is 9. The summed E-state index contributed by atoms with van der Waals surface area (Å²) in [6.07, 6.45) is 1.13. The second-order valence-corrected chi connectivity index (χ2v) is 4.79. The molecule has 116 valence electrons. The average molecular weight is 297 g/mol. The minimum absolute atomic E-state index is 0.0117. The van der Waals surface area contributed by atoms with Gasteiger partial charge in [-0.15, -0.1) is 0 Å². The quantitative estimate of drug-likeness (QED) is 0.371. The van der Waals surface area contributed by atoms with Gasteiger partial charge in [-0.3, -0.25) is 20.4 Å². The third kappa shape index (κ3) is 4.21. The number of nitrogens with one attached hydrogen (secondary N) is 2. The largest absolute Gasteiger partial charge is 0.379 e. The van der Waals surface area contributed by atoms with Crippen molar-refractivity contribution in [2.75, 3.05) is 43.6 Å². The zero-order valence-electron chi connectivity index (χ0n) is 11.8. The van der Waals surface area contributed by atoms with Gasteiger partial charge in [0.2, 0.25) is 11.8 Å². The van der Waals surface area contributed by atoms with E-state index in [2.05, 4.69) is 25.6 Å². The van der Waals surface area contributed by atoms with Gasteiger partial charge >= 0.3 is 5.69 Å². The van der Waals surface area contributed by atoms with E-state index < -0.39 is 4.92 Å². The Hall–Kier alpha value is -2.04. The molecule has 10 heteroatoms. The molecule has 1 aromatic rings. The molecule has 1 fully saturated rings. The first-order chi connectivity index (χ1) is 10.1. The number of nitrogens with two attached hydrogens (primary N) is 1. The Morgan fingerprint density at radius 3 is 2.90 bits per heavy atom. The molecular formula is C11H19N7O3. The van der Waals surface area contributed by atoms with Crippen LogP contribution in [0.25, 0.3) is 0 Å². The van der Waals surface area contributed by atoms with Crippen LogP contribution in [-0.4, -0.2) is 58.7 Å². The van der Waals surface area contributed by atoms with Crippen molar-refractivity contribution in [1.29, 1.82) is 0 Å². The van der Waals surface area contributed by atoms with Crippen LogP contribution in [0.5, 0.6) is 0 Å². The molecule has 0 spiro atoms. The third-order valence-electron chi connectivity index (χ3n) is 3.11. The van der Waals surface area contributed by atoms with Gasteiger partial charge < -0.3 is 10.1 Å². The molecule has 0 amide bonds. The van der Waals surface area contributed by atoms with E-state index in [-0.39, 0.29) is 23.5 Å². The minimum Gasteiger partial charge on any atom is -0.379 e. The molecule has 0 saturated carbocycles. The highest BCUT2D eigenvalue weighted by molar-refractivity contribution is 5.57. The van der Waals surface area contributed by atoms with Crippen molar-refractivity contribution in [3.8, 4) is 0 Å². The summed E-state index contributed by atoms with van der Waals surface area (Å²) >= 11 is 0. The van der Waals surface area contributed by atoms with Gasteiger partial charge in [-0.05, 0) is 6.92 Å². The molecule has 2 heterocycles. The maximum Gasteiger partial charge on any atom is 0.329 e. The van der Waals surface area contributed by atoms with Gasteiger partial charge in [0.25, 0.3) is 0 Å². The molecular weight excluding hydrogens is 278 g/mol. The van der Waals surface area contributed by atoms with Gasteiger partial charge in [-0.2, -0.15) is 4.98 Å². The lowest BCUT2D eigenvalue weighted by Gasteiger charge is -2.29. The highest BCUT2D eigenvalue weighted by Gasteiger charge is 2.20. The zero-order chi connectivity index (χ0) is 15.2. The number of ether oxygens (including phenoxy) is 1. The predicted octanol–water partition coefficient (Wildman–Crippen LogP) is -0.197. The number of hydrazine groups is 1. The number of aromatic nitrogens is 2. The summed E-state index contributed by atoms with van der Waals surface area (Å²) in [6, 6.07) is -0.0117. The molecule has 2 rings (SSSR count). The lowest BCUT2D eigenvalue weighted by atomic mass is 10.2. The van der Waals surface area contributed by atoms with Crippen molar-refractivity contribution in [3.05, 3.63) is 16.3 Å². The van der Waals surface area contributed by atoms with Crippen molar-refractivity contribution in [3.63, 3.8) is 0 Å². The first-order valence-corrected chi connectivity index (χ1v) is 6.65. The van der Waals surface area contributed by atoms with Gasteiger partial charge in [0.15, 0.2) is 0 Å². The van der Waals surface area contributed by atoms with Crippen LogP contribution in [-0.2, 0) is 4.74 Å². The van der Waals surface area contributed by atoms with Crippen molar-refractivity contribution < 1.29 is 9.66 Å². The van der Waals surface area contributed by atoms with Crippen LogP contribution in [0.1, 0.15) is 6.92 Å². The molecule has 1 aliphatic rings. The fraction of sp³-hybridized carbons (Fsp3) is 0.636. The summed E-state index contributed by atoms with van der Waals surface area (Å²) in [4.78, 5) is 20.5. The van der Waals surface area contributed by atoms with Crippen molar-refractivity contribution >= 4 is 17.5 Å². The topological polar surface area (TPSA) is 131 Å². The highest BCUT2D eigenvalue weighted by Crippen LogP contribution is 2.22. The molecule has 0 radical (unpaired) electrons. The molecule has 4 N–H and O–H groups in total. The molecule has 1 aliphatic heterocycles. The summed E-state index contributed by atoms with van der Waals surface area (Å²) in [7, 11) is 0. The lowest BCUT2D eigenvalue weighted by Crippen LogP contribution is -2.42. The summed E-state index contributed by atoms with van der Waals surface area (Å²) in [5.74, 6) is 5.51. The van der Waals surface area contributed by atoms with Crippen LogP contribution in [0.2, 0.25) is 0 Å². The molecule has 1 saturated heterocycles. The molecule has 1 unspecified atom stereocenters. The molecule has 10 nitrogen and oxygen atoms in total. The minimum atomic E-state index is -0.524. The Balaban J connectivity index is 2.04. The highest BCUT2D eigenvalue weighted by atomic mass is 16.6. The monoisotopic (exact) mass is 297 g/mol. The van der Waals surface area contributed by atoms with Gasteiger partial charge in [0, 0.05) is 25.7 Å². The Morgan fingerprint density at radius 2 is 2.29 bits per heavy atom. The van der Waals surface area contributed by atoms with Crippen LogP contribution < -0.4 is 16.6 Å². The van der Waals surface area contributed by atoms with E-state index in [0.717, 1.165) is 25.8 Å². The fourth-order valence-corrected chi connectivity index (χ4v) is 2.13. The number of nitrogen functional groups attached to an aromatic ring is 1.